The Kier molecular flexibility index (Phi) is 8.81. The van der Waals surface area contributed by atoms with E-state index in [9.17, 15) is 0 Å². The fraction of sp³-hybridized carbons (Fsp3) is 0.800. The van der Waals surface area contributed by atoms with E-state index in [0.29, 0.717) is 5.25 Å². The van der Waals surface area contributed by atoms with Crippen molar-refractivity contribution in [3.8, 4) is 0 Å². The molecule has 2 nitrogen and oxygen atoms in total. The van der Waals surface area contributed by atoms with Crippen molar-refractivity contribution in [1.29, 1.82) is 0 Å². The number of hydrogen-bond acceptors (Lipinski definition) is 4. The molecule has 0 aromatic carbocycles. The van der Waals surface area contributed by atoms with E-state index < -0.39 is 0 Å². The lowest BCUT2D eigenvalue weighted by molar-refractivity contribution is 0.647. The van der Waals surface area contributed by atoms with E-state index in [2.05, 4.69) is 6.92 Å². The molecule has 0 aliphatic carbocycles. The topological polar surface area (TPSA) is 6.48 Å². The maximum Gasteiger partial charge on any atom is 0.136 e. The van der Waals surface area contributed by atoms with Gasteiger partial charge >= 0.3 is 0 Å². The molecule has 0 radical (unpaired) electrons. The Morgan fingerprint density at radius 2 is 1.56 bits per heavy atom. The zero-order valence-corrected chi connectivity index (χ0v) is 13.8. The van der Waals surface area contributed by atoms with Crippen LogP contribution < -0.4 is 0 Å². The highest BCUT2D eigenvalue weighted by atomic mass is 32.2. The van der Waals surface area contributed by atoms with Crippen molar-refractivity contribution in [2.24, 2.45) is 0 Å². The third-order valence-corrected chi connectivity index (χ3v) is 6.01. The van der Waals surface area contributed by atoms with Gasteiger partial charge < -0.3 is 9.80 Å². The summed E-state index contributed by atoms with van der Waals surface area (Å²) in [6.07, 6.45) is 1.11. The van der Waals surface area contributed by atoms with Gasteiger partial charge in [-0.3, -0.25) is 0 Å². The van der Waals surface area contributed by atoms with Crippen molar-refractivity contribution in [2.75, 3.05) is 33.9 Å². The Balaban J connectivity index is 4.02. The van der Waals surface area contributed by atoms with Gasteiger partial charge in [0.25, 0.3) is 0 Å². The Labute approximate surface area is 119 Å². The third kappa shape index (κ3) is 6.93. The molecule has 0 bridgehead atoms. The van der Waals surface area contributed by atoms with Gasteiger partial charge in [-0.05, 0) is 6.42 Å². The van der Waals surface area contributed by atoms with Crippen LogP contribution in [0.25, 0.3) is 0 Å². The first-order valence-corrected chi connectivity index (χ1v) is 7.78. The molecule has 0 aromatic heterocycles. The minimum atomic E-state index is 0.540. The summed E-state index contributed by atoms with van der Waals surface area (Å²) in [4.78, 5) is 3.96. The van der Waals surface area contributed by atoms with Crippen LogP contribution in [0.1, 0.15) is 13.3 Å². The second-order valence-electron chi connectivity index (χ2n) is 3.78. The van der Waals surface area contributed by atoms with Crippen LogP contribution in [0.15, 0.2) is 0 Å². The fourth-order valence-electron chi connectivity index (χ4n) is 0.777. The summed E-state index contributed by atoms with van der Waals surface area (Å²) in [5.74, 6) is 1.02. The average Bonchev–Trinajstić information content (AvgIpc) is 2.22. The summed E-state index contributed by atoms with van der Waals surface area (Å²) < 4.78 is 1.89. The van der Waals surface area contributed by atoms with Gasteiger partial charge in [-0.25, -0.2) is 0 Å². The van der Waals surface area contributed by atoms with Crippen LogP contribution in [-0.4, -0.2) is 57.6 Å². The Bertz CT molecular complexity index is 241. The molecule has 0 aromatic rings. The summed E-state index contributed by atoms with van der Waals surface area (Å²) in [5, 5.41) is 0.540. The van der Waals surface area contributed by atoms with Crippen molar-refractivity contribution in [2.45, 2.75) is 18.6 Å². The molecule has 94 valence electrons. The van der Waals surface area contributed by atoms with Crippen LogP contribution in [0, 0.1) is 0 Å². The minimum Gasteiger partial charge on any atom is -0.364 e. The van der Waals surface area contributed by atoms with Gasteiger partial charge in [-0.1, -0.05) is 54.9 Å². The molecule has 1 atom stereocenters. The van der Waals surface area contributed by atoms with Crippen molar-refractivity contribution in [3.63, 3.8) is 0 Å². The van der Waals surface area contributed by atoms with E-state index in [4.69, 9.17) is 24.4 Å². The van der Waals surface area contributed by atoms with Gasteiger partial charge in [-0.2, -0.15) is 0 Å². The molecule has 0 spiro atoms. The van der Waals surface area contributed by atoms with Gasteiger partial charge in [0, 0.05) is 39.2 Å². The Morgan fingerprint density at radius 3 is 1.94 bits per heavy atom. The average molecular weight is 297 g/mol. The highest BCUT2D eigenvalue weighted by Gasteiger charge is 2.13. The van der Waals surface area contributed by atoms with Crippen molar-refractivity contribution in [3.05, 3.63) is 0 Å². The van der Waals surface area contributed by atoms with Crippen LogP contribution in [-0.2, 0) is 0 Å². The van der Waals surface area contributed by atoms with E-state index in [1.807, 2.05) is 38.0 Å². The van der Waals surface area contributed by atoms with Gasteiger partial charge in [0.1, 0.15) is 8.64 Å². The lowest BCUT2D eigenvalue weighted by atomic mass is 10.4. The van der Waals surface area contributed by atoms with Crippen LogP contribution >= 0.6 is 48.0 Å². The monoisotopic (exact) mass is 296 g/mol. The first kappa shape index (κ1) is 16.5. The van der Waals surface area contributed by atoms with Gasteiger partial charge in [-0.15, -0.1) is 0 Å². The molecular formula is C10H20N2S4. The SMILES string of the molecule is CCC(CSC(=S)N(C)C)SC(=S)N(C)C. The number of rotatable bonds is 4. The van der Waals surface area contributed by atoms with Crippen molar-refractivity contribution >= 4 is 56.6 Å². The first-order valence-electron chi connectivity index (χ1n) is 5.10. The molecular weight excluding hydrogens is 276 g/mol. The molecule has 0 aliphatic heterocycles. The minimum absolute atomic E-state index is 0.540. The highest BCUT2D eigenvalue weighted by molar-refractivity contribution is 8.25. The van der Waals surface area contributed by atoms with Gasteiger partial charge in [0.2, 0.25) is 0 Å². The first-order chi connectivity index (χ1) is 7.38. The van der Waals surface area contributed by atoms with Crippen LogP contribution in [0.3, 0.4) is 0 Å². The molecule has 16 heavy (non-hydrogen) atoms. The van der Waals surface area contributed by atoms with Crippen LogP contribution in [0.2, 0.25) is 0 Å². The molecule has 0 fully saturated rings. The predicted octanol–water partition coefficient (Wildman–Crippen LogP) is 2.92. The normalized spacial score (nSPS) is 12.1. The lowest BCUT2D eigenvalue weighted by Gasteiger charge is -2.20. The maximum atomic E-state index is 5.29. The largest absolute Gasteiger partial charge is 0.364 e. The number of thioether (sulfide) groups is 2. The van der Waals surface area contributed by atoms with Gasteiger partial charge in [0.15, 0.2) is 0 Å². The second-order valence-corrected chi connectivity index (χ2v) is 7.37. The molecule has 0 amide bonds. The predicted molar refractivity (Wildman–Crippen MR) is 86.7 cm³/mol. The third-order valence-electron chi connectivity index (χ3n) is 1.85. The van der Waals surface area contributed by atoms with Crippen molar-refractivity contribution in [1.82, 2.24) is 9.80 Å². The lowest BCUT2D eigenvalue weighted by Crippen LogP contribution is -2.22. The molecule has 0 N–H and O–H groups in total. The van der Waals surface area contributed by atoms with Gasteiger partial charge in [0.05, 0.1) is 0 Å². The van der Waals surface area contributed by atoms with Crippen LogP contribution in [0.4, 0.5) is 0 Å². The summed E-state index contributed by atoms with van der Waals surface area (Å²) in [6.45, 7) is 2.19. The molecule has 0 rings (SSSR count). The van der Waals surface area contributed by atoms with Crippen molar-refractivity contribution < 1.29 is 0 Å². The number of hydrogen-bond donors (Lipinski definition) is 0. The van der Waals surface area contributed by atoms with Crippen LogP contribution in [0.5, 0.6) is 0 Å². The Hall–Kier alpha value is 0.480. The number of thiocarbonyl (C=S) groups is 2. The molecule has 0 saturated carbocycles. The zero-order valence-electron chi connectivity index (χ0n) is 10.5. The second kappa shape index (κ2) is 8.55. The summed E-state index contributed by atoms with van der Waals surface area (Å²) in [5.41, 5.74) is 0. The zero-order chi connectivity index (χ0) is 12.7. The smallest absolute Gasteiger partial charge is 0.136 e. The summed E-state index contributed by atoms with van der Waals surface area (Å²) in [7, 11) is 7.93. The molecule has 0 aliphatic rings. The molecule has 0 heterocycles. The van der Waals surface area contributed by atoms with E-state index in [0.717, 1.165) is 20.8 Å². The quantitative estimate of drug-likeness (QED) is 0.731. The molecule has 0 saturated heterocycles. The van der Waals surface area contributed by atoms with E-state index in [1.165, 1.54) is 0 Å². The fourth-order valence-corrected chi connectivity index (χ4v) is 3.35. The molecule has 1 unspecified atom stereocenters. The van der Waals surface area contributed by atoms with E-state index in [1.54, 1.807) is 23.5 Å². The van der Waals surface area contributed by atoms with E-state index in [-0.39, 0.29) is 0 Å². The Morgan fingerprint density at radius 1 is 1.06 bits per heavy atom. The highest BCUT2D eigenvalue weighted by Crippen LogP contribution is 2.23. The molecule has 6 heteroatoms. The summed E-state index contributed by atoms with van der Waals surface area (Å²) >= 11 is 14.0. The number of nitrogens with zero attached hydrogens (tertiary/aromatic N) is 2. The summed E-state index contributed by atoms with van der Waals surface area (Å²) in [6, 6.07) is 0. The van der Waals surface area contributed by atoms with E-state index >= 15 is 0 Å². The standard InChI is InChI=1S/C10H20N2S4/c1-6-8(16-10(14)12(4)5)7-15-9(13)11(2)3/h8H,6-7H2,1-5H3. The maximum absolute atomic E-state index is 5.29.